The summed E-state index contributed by atoms with van der Waals surface area (Å²) >= 11 is 0. The van der Waals surface area contributed by atoms with Gasteiger partial charge in [-0.2, -0.15) is 0 Å². The average Bonchev–Trinajstić information content (AvgIpc) is 3.24. The van der Waals surface area contributed by atoms with Crippen molar-refractivity contribution < 1.29 is 106 Å². The molecule has 0 saturated carbocycles. The third-order valence-corrected chi connectivity index (χ3v) is 12.1. The SMILES string of the molecule is Oc1cc(O)c2c(c1)O[C@H](c1cc(O)c(O)c(O)c1)[C@@H](O)[C@@H]2c1c(O)cc(O)c2c1O[C@H](c1cc(O)c(O)c(O)c1)[C@@H](O)[C@@H]2c1c(O)cc(O)c2c1O[C@H](c1cc(O)c(O)c(O)c1)[C@@H](O)C2. The second kappa shape index (κ2) is 15.1. The summed E-state index contributed by atoms with van der Waals surface area (Å²) in [7, 11) is 0. The molecule has 0 amide bonds. The summed E-state index contributed by atoms with van der Waals surface area (Å²) < 4.78 is 18.6. The molecule has 8 atom stereocenters. The Kier molecular flexibility index (Phi) is 9.82. The fourth-order valence-electron chi connectivity index (χ4n) is 9.16. The first-order valence-electron chi connectivity index (χ1n) is 19.7. The molecule has 3 aliphatic rings. The van der Waals surface area contributed by atoms with Crippen molar-refractivity contribution in [3.8, 4) is 103 Å². The number of rotatable bonds is 5. The highest BCUT2D eigenvalue weighted by Gasteiger charge is 2.51. The number of phenols is 15. The summed E-state index contributed by atoms with van der Waals surface area (Å²) in [4.78, 5) is 0. The maximum atomic E-state index is 12.5. The number of fused-ring (bicyclic) bond motifs is 3. The van der Waals surface area contributed by atoms with E-state index in [0.29, 0.717) is 0 Å². The van der Waals surface area contributed by atoms with Crippen molar-refractivity contribution in [1.29, 1.82) is 0 Å². The Bertz CT molecular complexity index is 2940. The monoisotopic (exact) mass is 914 g/mol. The summed E-state index contributed by atoms with van der Waals surface area (Å²) in [5, 5.41) is 198. The van der Waals surface area contributed by atoms with Crippen molar-refractivity contribution in [1.82, 2.24) is 0 Å². The first-order chi connectivity index (χ1) is 31.2. The van der Waals surface area contributed by atoms with Gasteiger partial charge in [-0.15, -0.1) is 0 Å². The largest absolute Gasteiger partial charge is 0.508 e. The first kappa shape index (κ1) is 42.9. The lowest BCUT2D eigenvalue weighted by atomic mass is 9.73. The van der Waals surface area contributed by atoms with Gasteiger partial charge in [-0.05, 0) is 36.4 Å². The smallest absolute Gasteiger partial charge is 0.200 e. The average molecular weight is 915 g/mol. The molecule has 0 unspecified atom stereocenters. The highest BCUT2D eigenvalue weighted by Crippen LogP contribution is 2.62. The van der Waals surface area contributed by atoms with Crippen LogP contribution in [0.25, 0.3) is 0 Å². The normalized spacial score (nSPS) is 23.1. The number of phenolic OH excluding ortho intramolecular Hbond substituents is 15. The van der Waals surface area contributed by atoms with E-state index in [0.717, 1.165) is 60.7 Å². The molecule has 66 heavy (non-hydrogen) atoms. The standard InChI is InChI=1S/C45H38O21/c46-15-7-18(48)30-29(8-15)64-42(13-3-24(54)37(60)25(55)4-13)39(62)34(30)32-20(50)11-21(51)33-35(40(63)43(66-45(32)33)14-5-26(56)38(61)27(57)6-14)31-19(49)10-17(47)16-9-28(58)41(65-44(16)31)12-1-22(52)36(59)23(53)2-12/h1-8,10-11,28,34-35,39-43,46-63H,9H2/t28-,34-,35+,39-,40-,41+,42+,43+/m0/s1. The van der Waals surface area contributed by atoms with Crippen molar-refractivity contribution in [2.45, 2.75) is 54.9 Å². The number of aliphatic hydroxyl groups is 3. The number of aromatic hydroxyl groups is 15. The van der Waals surface area contributed by atoms with Gasteiger partial charge >= 0.3 is 0 Å². The predicted molar refractivity (Wildman–Crippen MR) is 219 cm³/mol. The maximum Gasteiger partial charge on any atom is 0.200 e. The Balaban J connectivity index is 1.32. The third-order valence-electron chi connectivity index (χ3n) is 12.1. The van der Waals surface area contributed by atoms with Gasteiger partial charge in [-0.3, -0.25) is 0 Å². The summed E-state index contributed by atoms with van der Waals surface area (Å²) in [5.41, 5.74) is -2.62. The molecule has 0 aliphatic carbocycles. The minimum Gasteiger partial charge on any atom is -0.508 e. The van der Waals surface area contributed by atoms with E-state index in [-0.39, 0.29) is 33.6 Å². The number of aliphatic hydroxyl groups excluding tert-OH is 3. The van der Waals surface area contributed by atoms with Crippen LogP contribution in [-0.4, -0.2) is 110 Å². The Morgan fingerprint density at radius 1 is 0.348 bits per heavy atom. The van der Waals surface area contributed by atoms with E-state index < -0.39 is 169 Å². The molecule has 0 radical (unpaired) electrons. The van der Waals surface area contributed by atoms with Gasteiger partial charge in [0.25, 0.3) is 0 Å². The van der Waals surface area contributed by atoms with Crippen LogP contribution in [0.5, 0.6) is 103 Å². The van der Waals surface area contributed by atoms with Gasteiger partial charge in [0, 0.05) is 75.2 Å². The quantitative estimate of drug-likeness (QED) is 0.110. The van der Waals surface area contributed by atoms with Crippen LogP contribution in [0, 0.1) is 0 Å². The lowest BCUT2D eigenvalue weighted by Crippen LogP contribution is -2.39. The molecule has 21 nitrogen and oxygen atoms in total. The summed E-state index contributed by atoms with van der Waals surface area (Å²) in [5.74, 6) is -17.6. The van der Waals surface area contributed by atoms with Crippen LogP contribution in [0.15, 0.2) is 60.7 Å². The zero-order valence-corrected chi connectivity index (χ0v) is 33.4. The van der Waals surface area contributed by atoms with Crippen molar-refractivity contribution in [3.63, 3.8) is 0 Å². The van der Waals surface area contributed by atoms with Gasteiger partial charge in [-0.25, -0.2) is 0 Å². The third kappa shape index (κ3) is 6.51. The van der Waals surface area contributed by atoms with Crippen LogP contribution < -0.4 is 14.2 Å². The van der Waals surface area contributed by atoms with Gasteiger partial charge in [0.1, 0.15) is 64.0 Å². The van der Waals surface area contributed by atoms with Gasteiger partial charge in [0.2, 0.25) is 0 Å². The molecule has 6 aromatic rings. The summed E-state index contributed by atoms with van der Waals surface area (Å²) in [6.07, 6.45) is -11.3. The number of hydrogen-bond donors (Lipinski definition) is 18. The molecule has 21 heteroatoms. The van der Waals surface area contributed by atoms with Crippen LogP contribution in [0.3, 0.4) is 0 Å². The topological polar surface area (TPSA) is 392 Å². The lowest BCUT2D eigenvalue weighted by molar-refractivity contribution is -0.00571. The predicted octanol–water partition coefficient (Wildman–Crippen LogP) is 3.56. The number of hydrogen-bond acceptors (Lipinski definition) is 21. The zero-order chi connectivity index (χ0) is 47.5. The fourth-order valence-corrected chi connectivity index (χ4v) is 9.16. The molecule has 0 bridgehead atoms. The Hall–Kier alpha value is -8.40. The minimum absolute atomic E-state index is 0.131. The van der Waals surface area contributed by atoms with Gasteiger partial charge in [0.05, 0.1) is 17.9 Å². The second-order valence-electron chi connectivity index (χ2n) is 16.1. The van der Waals surface area contributed by atoms with Crippen LogP contribution in [0.2, 0.25) is 0 Å². The molecule has 3 heterocycles. The number of ether oxygens (including phenoxy) is 3. The molecule has 344 valence electrons. The molecule has 0 saturated heterocycles. The second-order valence-corrected chi connectivity index (χ2v) is 16.1. The summed E-state index contributed by atoms with van der Waals surface area (Å²) in [6.45, 7) is 0. The van der Waals surface area contributed by atoms with E-state index in [4.69, 9.17) is 14.2 Å². The van der Waals surface area contributed by atoms with E-state index in [1.54, 1.807) is 0 Å². The van der Waals surface area contributed by atoms with Gasteiger partial charge < -0.3 is 106 Å². The highest BCUT2D eigenvalue weighted by molar-refractivity contribution is 5.71. The van der Waals surface area contributed by atoms with Crippen LogP contribution in [-0.2, 0) is 6.42 Å². The lowest BCUT2D eigenvalue weighted by Gasteiger charge is -2.43. The Morgan fingerprint density at radius 3 is 1.18 bits per heavy atom. The van der Waals surface area contributed by atoms with Crippen molar-refractivity contribution in [2.24, 2.45) is 0 Å². The molecule has 0 spiro atoms. The van der Waals surface area contributed by atoms with E-state index in [1.807, 2.05) is 0 Å². The zero-order valence-electron chi connectivity index (χ0n) is 33.4. The van der Waals surface area contributed by atoms with E-state index >= 15 is 0 Å². The fraction of sp³-hybridized carbons (Fsp3) is 0.200. The highest BCUT2D eigenvalue weighted by atomic mass is 16.5. The molecule has 3 aliphatic heterocycles. The van der Waals surface area contributed by atoms with Gasteiger partial charge in [-0.1, -0.05) is 0 Å². The van der Waals surface area contributed by atoms with Crippen LogP contribution >= 0.6 is 0 Å². The molecular weight excluding hydrogens is 876 g/mol. The minimum atomic E-state index is -2.09. The Morgan fingerprint density at radius 2 is 0.712 bits per heavy atom. The first-order valence-corrected chi connectivity index (χ1v) is 19.7. The molecule has 9 rings (SSSR count). The van der Waals surface area contributed by atoms with Gasteiger partial charge in [0.15, 0.2) is 70.1 Å². The molecule has 18 N–H and O–H groups in total. The Labute approximate surface area is 369 Å². The van der Waals surface area contributed by atoms with E-state index in [2.05, 4.69) is 0 Å². The molecular formula is C45H38O21. The molecule has 6 aromatic carbocycles. The van der Waals surface area contributed by atoms with Crippen molar-refractivity contribution >= 4 is 0 Å². The molecule has 0 fully saturated rings. The van der Waals surface area contributed by atoms with Crippen LogP contribution in [0.1, 0.15) is 74.7 Å². The van der Waals surface area contributed by atoms with Crippen molar-refractivity contribution in [2.75, 3.05) is 0 Å². The summed E-state index contributed by atoms with van der Waals surface area (Å²) in [6, 6.07) is 8.95. The van der Waals surface area contributed by atoms with Crippen LogP contribution in [0.4, 0.5) is 0 Å². The van der Waals surface area contributed by atoms with Crippen molar-refractivity contribution in [3.05, 3.63) is 105 Å². The maximum absolute atomic E-state index is 12.5. The molecule has 0 aromatic heterocycles. The van der Waals surface area contributed by atoms with E-state index in [1.165, 1.54) is 0 Å². The number of benzene rings is 6. The van der Waals surface area contributed by atoms with E-state index in [9.17, 15) is 91.9 Å².